The van der Waals surface area contributed by atoms with Gasteiger partial charge in [-0.25, -0.2) is 9.78 Å². The van der Waals surface area contributed by atoms with Crippen LogP contribution in [0, 0.1) is 0 Å². The molecule has 3 rings (SSSR count). The number of aryl methyl sites for hydroxylation is 1. The van der Waals surface area contributed by atoms with Gasteiger partial charge in [0, 0.05) is 44.0 Å². The van der Waals surface area contributed by atoms with Crippen molar-refractivity contribution in [3.8, 4) is 0 Å². The summed E-state index contributed by atoms with van der Waals surface area (Å²) in [5.74, 6) is -0.517. The zero-order valence-electron chi connectivity index (χ0n) is 11.0. The summed E-state index contributed by atoms with van der Waals surface area (Å²) >= 11 is 1.41. The lowest BCUT2D eigenvalue weighted by atomic mass is 10.3. The van der Waals surface area contributed by atoms with E-state index in [4.69, 9.17) is 0 Å². The third-order valence-electron chi connectivity index (χ3n) is 2.99. The second-order valence-corrected chi connectivity index (χ2v) is 5.40. The van der Waals surface area contributed by atoms with E-state index in [9.17, 15) is 9.90 Å². The number of hydrogen-bond donors (Lipinski definition) is 1. The SMILES string of the molecule is CN(Cc1cnn(C)c1)c1nc2sccn2c1C(=O)O. The normalized spacial score (nSPS) is 11.1. The molecule has 3 heterocycles. The third-order valence-corrected chi connectivity index (χ3v) is 3.74. The van der Waals surface area contributed by atoms with Crippen LogP contribution in [0.25, 0.3) is 4.96 Å². The molecule has 104 valence electrons. The highest BCUT2D eigenvalue weighted by Crippen LogP contribution is 2.25. The number of fused-ring (bicyclic) bond motifs is 1. The molecule has 0 amide bonds. The number of aromatic carboxylic acids is 1. The molecule has 0 aliphatic carbocycles. The first kappa shape index (κ1) is 12.7. The summed E-state index contributed by atoms with van der Waals surface area (Å²) in [5, 5.41) is 15.3. The Labute approximate surface area is 118 Å². The number of aromatic nitrogens is 4. The summed E-state index contributed by atoms with van der Waals surface area (Å²) in [4.78, 5) is 18.3. The van der Waals surface area contributed by atoms with Gasteiger partial charge >= 0.3 is 5.97 Å². The largest absolute Gasteiger partial charge is 0.476 e. The predicted molar refractivity (Wildman–Crippen MR) is 75.3 cm³/mol. The standard InChI is InChI=1S/C12H13N5O2S/c1-15(6-8-5-13-16(2)7-8)10-9(11(18)19)17-3-4-20-12(17)14-10/h3-5,7H,6H2,1-2H3,(H,18,19). The molecule has 8 heteroatoms. The highest BCUT2D eigenvalue weighted by Gasteiger charge is 2.22. The molecular formula is C12H13N5O2S. The van der Waals surface area contributed by atoms with Gasteiger partial charge in [-0.15, -0.1) is 11.3 Å². The molecule has 3 aromatic heterocycles. The average Bonchev–Trinajstić information content (AvgIpc) is 3.02. The molecule has 1 N–H and O–H groups in total. The average molecular weight is 291 g/mol. The van der Waals surface area contributed by atoms with Crippen LogP contribution in [0.3, 0.4) is 0 Å². The van der Waals surface area contributed by atoms with E-state index in [0.717, 1.165) is 5.56 Å². The molecule has 0 spiro atoms. The second kappa shape index (κ2) is 4.64. The molecule has 0 unspecified atom stereocenters. The first-order valence-electron chi connectivity index (χ1n) is 5.94. The van der Waals surface area contributed by atoms with Crippen LogP contribution >= 0.6 is 11.3 Å². The van der Waals surface area contributed by atoms with Gasteiger partial charge in [0.2, 0.25) is 0 Å². The quantitative estimate of drug-likeness (QED) is 0.787. The van der Waals surface area contributed by atoms with E-state index in [2.05, 4.69) is 10.1 Å². The number of hydrogen-bond acceptors (Lipinski definition) is 5. The molecule has 0 saturated carbocycles. The molecule has 0 atom stereocenters. The molecular weight excluding hydrogens is 278 g/mol. The van der Waals surface area contributed by atoms with Crippen molar-refractivity contribution in [2.24, 2.45) is 7.05 Å². The van der Waals surface area contributed by atoms with Crippen LogP contribution in [0.1, 0.15) is 16.1 Å². The summed E-state index contributed by atoms with van der Waals surface area (Å²) in [6.07, 6.45) is 5.38. The maximum atomic E-state index is 11.5. The number of carboxylic acid groups (broad SMARTS) is 1. The number of carbonyl (C=O) groups is 1. The lowest BCUT2D eigenvalue weighted by molar-refractivity contribution is 0.0690. The van der Waals surface area contributed by atoms with Crippen molar-refractivity contribution in [3.63, 3.8) is 0 Å². The lowest BCUT2D eigenvalue weighted by Gasteiger charge is -2.16. The van der Waals surface area contributed by atoms with Crippen LogP contribution in [0.4, 0.5) is 5.82 Å². The first-order valence-corrected chi connectivity index (χ1v) is 6.81. The molecule has 0 aliphatic rings. The van der Waals surface area contributed by atoms with Gasteiger partial charge in [-0.2, -0.15) is 5.10 Å². The van der Waals surface area contributed by atoms with Crippen molar-refractivity contribution in [3.05, 3.63) is 35.2 Å². The third kappa shape index (κ3) is 2.03. The fraction of sp³-hybridized carbons (Fsp3) is 0.250. The van der Waals surface area contributed by atoms with E-state index >= 15 is 0 Å². The van der Waals surface area contributed by atoms with Gasteiger partial charge in [0.05, 0.1) is 6.20 Å². The fourth-order valence-electron chi connectivity index (χ4n) is 2.14. The van der Waals surface area contributed by atoms with Crippen LogP contribution in [-0.4, -0.2) is 37.3 Å². The Bertz CT molecular complexity index is 772. The van der Waals surface area contributed by atoms with Crippen LogP contribution in [-0.2, 0) is 13.6 Å². The van der Waals surface area contributed by atoms with Crippen molar-refractivity contribution in [1.82, 2.24) is 19.2 Å². The van der Waals surface area contributed by atoms with Gasteiger partial charge in [-0.1, -0.05) is 0 Å². The molecule has 7 nitrogen and oxygen atoms in total. The van der Waals surface area contributed by atoms with Gasteiger partial charge < -0.3 is 10.0 Å². The predicted octanol–water partition coefficient (Wildman–Crippen LogP) is 1.46. The zero-order valence-corrected chi connectivity index (χ0v) is 11.8. The van der Waals surface area contributed by atoms with Gasteiger partial charge in [-0.3, -0.25) is 9.08 Å². The Morgan fingerprint density at radius 3 is 3.00 bits per heavy atom. The Hall–Kier alpha value is -2.35. The van der Waals surface area contributed by atoms with Gasteiger partial charge in [-0.05, 0) is 0 Å². The van der Waals surface area contributed by atoms with Crippen molar-refractivity contribution in [2.75, 3.05) is 11.9 Å². The molecule has 0 fully saturated rings. The number of nitrogens with zero attached hydrogens (tertiary/aromatic N) is 5. The van der Waals surface area contributed by atoms with Crippen LogP contribution in [0.2, 0.25) is 0 Å². The second-order valence-electron chi connectivity index (χ2n) is 4.52. The van der Waals surface area contributed by atoms with E-state index in [1.807, 2.05) is 30.6 Å². The maximum absolute atomic E-state index is 11.5. The maximum Gasteiger partial charge on any atom is 0.356 e. The Kier molecular flexibility index (Phi) is 2.94. The molecule has 0 bridgehead atoms. The number of rotatable bonds is 4. The minimum absolute atomic E-state index is 0.188. The summed E-state index contributed by atoms with van der Waals surface area (Å²) in [6.45, 7) is 0.555. The van der Waals surface area contributed by atoms with E-state index < -0.39 is 5.97 Å². The van der Waals surface area contributed by atoms with Crippen molar-refractivity contribution in [2.45, 2.75) is 6.54 Å². The molecule has 0 aromatic carbocycles. The minimum Gasteiger partial charge on any atom is -0.476 e. The minimum atomic E-state index is -0.982. The van der Waals surface area contributed by atoms with Crippen molar-refractivity contribution < 1.29 is 9.90 Å². The smallest absolute Gasteiger partial charge is 0.356 e. The number of anilines is 1. The van der Waals surface area contributed by atoms with E-state index in [0.29, 0.717) is 17.3 Å². The topological polar surface area (TPSA) is 75.7 Å². The summed E-state index contributed by atoms with van der Waals surface area (Å²) < 4.78 is 3.31. The Morgan fingerprint density at radius 1 is 1.55 bits per heavy atom. The van der Waals surface area contributed by atoms with Crippen molar-refractivity contribution >= 4 is 28.1 Å². The van der Waals surface area contributed by atoms with E-state index in [1.54, 1.807) is 21.5 Å². The number of carboxylic acids is 1. The molecule has 20 heavy (non-hydrogen) atoms. The lowest BCUT2D eigenvalue weighted by Crippen LogP contribution is -2.19. The van der Waals surface area contributed by atoms with E-state index in [1.165, 1.54) is 11.3 Å². The summed E-state index contributed by atoms with van der Waals surface area (Å²) in [6, 6.07) is 0. The molecule has 0 aliphatic heterocycles. The highest BCUT2D eigenvalue weighted by atomic mass is 32.1. The van der Waals surface area contributed by atoms with E-state index in [-0.39, 0.29) is 5.69 Å². The Morgan fingerprint density at radius 2 is 2.35 bits per heavy atom. The monoisotopic (exact) mass is 291 g/mol. The first-order chi connectivity index (χ1) is 9.56. The summed E-state index contributed by atoms with van der Waals surface area (Å²) in [7, 11) is 3.67. The fourth-order valence-corrected chi connectivity index (χ4v) is 2.85. The van der Waals surface area contributed by atoms with Crippen LogP contribution < -0.4 is 4.90 Å². The number of thiazole rings is 1. The highest BCUT2D eigenvalue weighted by molar-refractivity contribution is 7.15. The zero-order chi connectivity index (χ0) is 14.3. The van der Waals surface area contributed by atoms with Gasteiger partial charge in [0.1, 0.15) is 0 Å². The van der Waals surface area contributed by atoms with Crippen LogP contribution in [0.5, 0.6) is 0 Å². The molecule has 3 aromatic rings. The number of imidazole rings is 1. The Balaban J connectivity index is 1.98. The van der Waals surface area contributed by atoms with Crippen molar-refractivity contribution in [1.29, 1.82) is 0 Å². The molecule has 0 saturated heterocycles. The van der Waals surface area contributed by atoms with Gasteiger partial charge in [0.25, 0.3) is 0 Å². The summed E-state index contributed by atoms with van der Waals surface area (Å²) in [5.41, 5.74) is 1.19. The van der Waals surface area contributed by atoms with Crippen LogP contribution in [0.15, 0.2) is 24.0 Å². The van der Waals surface area contributed by atoms with Gasteiger partial charge in [0.15, 0.2) is 16.5 Å². The molecule has 0 radical (unpaired) electrons.